The zero-order valence-electron chi connectivity index (χ0n) is 16.7. The standard InChI is InChI=1S/C21H29ClN2O3.2ClH/c1-2-26-21-14-18(15-24-11-3-10-23-12-13-25)6-9-20(21)27-16-17-4-7-19(22)8-5-17;;/h4-9,14,23-25H,2-3,10-13,15-16H2,1H3;2*1H. The van der Waals surface area contributed by atoms with Crippen molar-refractivity contribution in [2.45, 2.75) is 26.5 Å². The first-order valence-corrected chi connectivity index (χ1v) is 9.76. The Morgan fingerprint density at radius 3 is 2.24 bits per heavy atom. The quantitative estimate of drug-likeness (QED) is 0.387. The molecule has 2 aromatic carbocycles. The Bertz CT molecular complexity index is 673. The molecule has 0 unspecified atom stereocenters. The number of halogens is 3. The fraction of sp³-hybridized carbons (Fsp3) is 0.429. The van der Waals surface area contributed by atoms with Gasteiger partial charge in [0.2, 0.25) is 0 Å². The number of hydrogen-bond donors (Lipinski definition) is 3. The summed E-state index contributed by atoms with van der Waals surface area (Å²) in [6, 6.07) is 13.7. The summed E-state index contributed by atoms with van der Waals surface area (Å²) in [7, 11) is 0. The SMILES string of the molecule is CCOc1cc(CNCCCNCCO)ccc1OCc1ccc(Cl)cc1.Cl.Cl. The summed E-state index contributed by atoms with van der Waals surface area (Å²) in [6.45, 7) is 6.44. The summed E-state index contributed by atoms with van der Waals surface area (Å²) in [4.78, 5) is 0. The van der Waals surface area contributed by atoms with E-state index in [-0.39, 0.29) is 31.4 Å². The normalized spacial score (nSPS) is 10.0. The molecule has 0 radical (unpaired) electrons. The summed E-state index contributed by atoms with van der Waals surface area (Å²) in [5.41, 5.74) is 2.21. The van der Waals surface area contributed by atoms with E-state index in [0.29, 0.717) is 19.8 Å². The molecule has 29 heavy (non-hydrogen) atoms. The second-order valence-electron chi connectivity index (χ2n) is 6.13. The molecule has 0 heterocycles. The molecule has 0 saturated heterocycles. The number of hydrogen-bond acceptors (Lipinski definition) is 5. The van der Waals surface area contributed by atoms with Crippen molar-refractivity contribution < 1.29 is 14.6 Å². The predicted molar refractivity (Wildman–Crippen MR) is 124 cm³/mol. The van der Waals surface area contributed by atoms with E-state index < -0.39 is 0 Å². The van der Waals surface area contributed by atoms with Crippen molar-refractivity contribution >= 4 is 36.4 Å². The summed E-state index contributed by atoms with van der Waals surface area (Å²) >= 11 is 5.92. The molecule has 2 rings (SSSR count). The minimum atomic E-state index is 0. The second kappa shape index (κ2) is 16.6. The average molecular weight is 466 g/mol. The molecule has 0 amide bonds. The van der Waals surface area contributed by atoms with Crippen molar-refractivity contribution in [1.29, 1.82) is 0 Å². The van der Waals surface area contributed by atoms with Crippen LogP contribution in [0.1, 0.15) is 24.5 Å². The Morgan fingerprint density at radius 2 is 1.55 bits per heavy atom. The smallest absolute Gasteiger partial charge is 0.161 e. The molecule has 0 aliphatic rings. The monoisotopic (exact) mass is 464 g/mol. The molecule has 3 N–H and O–H groups in total. The van der Waals surface area contributed by atoms with Gasteiger partial charge in [0, 0.05) is 18.1 Å². The van der Waals surface area contributed by atoms with Crippen LogP contribution in [-0.2, 0) is 13.2 Å². The van der Waals surface area contributed by atoms with Gasteiger partial charge in [0.25, 0.3) is 0 Å². The van der Waals surface area contributed by atoms with Crippen LogP contribution in [0.4, 0.5) is 0 Å². The molecule has 0 saturated carbocycles. The van der Waals surface area contributed by atoms with E-state index in [4.69, 9.17) is 26.2 Å². The fourth-order valence-electron chi connectivity index (χ4n) is 2.57. The minimum absolute atomic E-state index is 0. The Kier molecular flexibility index (Phi) is 15.9. The van der Waals surface area contributed by atoms with E-state index >= 15 is 0 Å². The highest BCUT2D eigenvalue weighted by molar-refractivity contribution is 6.30. The van der Waals surface area contributed by atoms with E-state index in [2.05, 4.69) is 16.7 Å². The van der Waals surface area contributed by atoms with Gasteiger partial charge in [-0.05, 0) is 61.8 Å². The van der Waals surface area contributed by atoms with Crippen molar-refractivity contribution in [3.63, 3.8) is 0 Å². The number of aliphatic hydroxyl groups is 1. The van der Waals surface area contributed by atoms with Crippen molar-refractivity contribution in [2.75, 3.05) is 32.8 Å². The Hall–Kier alpha value is -1.21. The molecule has 0 atom stereocenters. The molecule has 2 aromatic rings. The summed E-state index contributed by atoms with van der Waals surface area (Å²) in [6.07, 6.45) is 1.01. The third-order valence-electron chi connectivity index (χ3n) is 3.94. The molecule has 0 aliphatic heterocycles. The zero-order chi connectivity index (χ0) is 19.3. The summed E-state index contributed by atoms with van der Waals surface area (Å²) < 4.78 is 11.7. The molecule has 0 aromatic heterocycles. The topological polar surface area (TPSA) is 62.8 Å². The molecule has 164 valence electrons. The van der Waals surface area contributed by atoms with E-state index in [1.165, 1.54) is 0 Å². The third-order valence-corrected chi connectivity index (χ3v) is 4.19. The Morgan fingerprint density at radius 1 is 0.862 bits per heavy atom. The van der Waals surface area contributed by atoms with Crippen LogP contribution in [0.5, 0.6) is 11.5 Å². The van der Waals surface area contributed by atoms with Crippen LogP contribution in [0.2, 0.25) is 5.02 Å². The maximum atomic E-state index is 8.72. The lowest BCUT2D eigenvalue weighted by Gasteiger charge is -2.14. The van der Waals surface area contributed by atoms with Gasteiger partial charge in [-0.15, -0.1) is 24.8 Å². The minimum Gasteiger partial charge on any atom is -0.490 e. The number of benzene rings is 2. The molecular formula is C21H31Cl3N2O3. The van der Waals surface area contributed by atoms with Gasteiger partial charge in [0.1, 0.15) is 6.61 Å². The first-order valence-electron chi connectivity index (χ1n) is 9.38. The molecular weight excluding hydrogens is 435 g/mol. The highest BCUT2D eigenvalue weighted by Gasteiger charge is 2.07. The van der Waals surface area contributed by atoms with Gasteiger partial charge in [-0.25, -0.2) is 0 Å². The van der Waals surface area contributed by atoms with Gasteiger partial charge < -0.3 is 25.2 Å². The number of aliphatic hydroxyl groups excluding tert-OH is 1. The molecule has 0 bridgehead atoms. The predicted octanol–water partition coefficient (Wildman–Crippen LogP) is 4.22. The number of rotatable bonds is 13. The van der Waals surface area contributed by atoms with Crippen LogP contribution in [0.15, 0.2) is 42.5 Å². The third kappa shape index (κ3) is 10.9. The van der Waals surface area contributed by atoms with Crippen LogP contribution in [0.25, 0.3) is 0 Å². The van der Waals surface area contributed by atoms with Gasteiger partial charge in [-0.3, -0.25) is 0 Å². The highest BCUT2D eigenvalue weighted by atomic mass is 35.5. The van der Waals surface area contributed by atoms with Gasteiger partial charge in [-0.1, -0.05) is 29.8 Å². The van der Waals surface area contributed by atoms with E-state index in [1.54, 1.807) is 0 Å². The van der Waals surface area contributed by atoms with Gasteiger partial charge >= 0.3 is 0 Å². The maximum Gasteiger partial charge on any atom is 0.161 e. The first kappa shape index (κ1) is 27.8. The van der Waals surface area contributed by atoms with E-state index in [1.807, 2.05) is 43.3 Å². The highest BCUT2D eigenvalue weighted by Crippen LogP contribution is 2.29. The Balaban J connectivity index is 0.00000392. The largest absolute Gasteiger partial charge is 0.490 e. The summed E-state index contributed by atoms with van der Waals surface area (Å²) in [5.74, 6) is 1.50. The van der Waals surface area contributed by atoms with Crippen molar-refractivity contribution in [3.05, 3.63) is 58.6 Å². The van der Waals surface area contributed by atoms with E-state index in [0.717, 1.165) is 53.7 Å². The number of nitrogens with one attached hydrogen (secondary N) is 2. The second-order valence-corrected chi connectivity index (χ2v) is 6.57. The van der Waals surface area contributed by atoms with Crippen LogP contribution in [0, 0.1) is 0 Å². The van der Waals surface area contributed by atoms with Gasteiger partial charge in [0.15, 0.2) is 11.5 Å². The summed E-state index contributed by atoms with van der Waals surface area (Å²) in [5, 5.41) is 16.0. The van der Waals surface area contributed by atoms with Gasteiger partial charge in [-0.2, -0.15) is 0 Å². The molecule has 8 heteroatoms. The van der Waals surface area contributed by atoms with Crippen LogP contribution < -0.4 is 20.1 Å². The zero-order valence-corrected chi connectivity index (χ0v) is 19.0. The molecule has 0 spiro atoms. The van der Waals surface area contributed by atoms with Crippen LogP contribution >= 0.6 is 36.4 Å². The van der Waals surface area contributed by atoms with Crippen molar-refractivity contribution in [2.24, 2.45) is 0 Å². The van der Waals surface area contributed by atoms with Crippen LogP contribution in [0.3, 0.4) is 0 Å². The molecule has 0 fully saturated rings. The fourth-order valence-corrected chi connectivity index (χ4v) is 2.69. The van der Waals surface area contributed by atoms with Crippen molar-refractivity contribution in [3.8, 4) is 11.5 Å². The number of ether oxygens (including phenoxy) is 2. The first-order chi connectivity index (χ1) is 13.2. The molecule has 0 aliphatic carbocycles. The molecule has 5 nitrogen and oxygen atoms in total. The lowest BCUT2D eigenvalue weighted by molar-refractivity contribution is 0.269. The van der Waals surface area contributed by atoms with Crippen LogP contribution in [-0.4, -0.2) is 38.0 Å². The maximum absolute atomic E-state index is 8.72. The lowest BCUT2D eigenvalue weighted by atomic mass is 10.2. The van der Waals surface area contributed by atoms with Gasteiger partial charge in [0.05, 0.1) is 13.2 Å². The van der Waals surface area contributed by atoms with Crippen molar-refractivity contribution in [1.82, 2.24) is 10.6 Å². The lowest BCUT2D eigenvalue weighted by Crippen LogP contribution is -2.23. The van der Waals surface area contributed by atoms with E-state index in [9.17, 15) is 0 Å². The average Bonchev–Trinajstić information content (AvgIpc) is 2.68. The Labute approximate surface area is 191 Å².